The van der Waals surface area contributed by atoms with Crippen LogP contribution >= 0.6 is 0 Å². The molecule has 8 nitrogen and oxygen atoms in total. The second-order valence-electron chi connectivity index (χ2n) is 6.22. The van der Waals surface area contributed by atoms with E-state index in [-0.39, 0.29) is 36.2 Å². The van der Waals surface area contributed by atoms with Crippen molar-refractivity contribution in [3.63, 3.8) is 0 Å². The number of benzene rings is 2. The van der Waals surface area contributed by atoms with Crippen molar-refractivity contribution in [1.29, 1.82) is 0 Å². The third-order valence-corrected chi connectivity index (χ3v) is 5.42. The van der Waals surface area contributed by atoms with Gasteiger partial charge in [0.25, 0.3) is 0 Å². The van der Waals surface area contributed by atoms with Gasteiger partial charge < -0.3 is 15.0 Å². The van der Waals surface area contributed by atoms with Crippen LogP contribution in [0.25, 0.3) is 0 Å². The van der Waals surface area contributed by atoms with Crippen molar-refractivity contribution in [2.24, 2.45) is 0 Å². The summed E-state index contributed by atoms with van der Waals surface area (Å²) in [7, 11) is -2.24. The van der Waals surface area contributed by atoms with Gasteiger partial charge in [0.05, 0.1) is 18.0 Å². The van der Waals surface area contributed by atoms with Gasteiger partial charge >= 0.3 is 0 Å². The minimum atomic E-state index is -3.73. The van der Waals surface area contributed by atoms with Crippen LogP contribution in [-0.2, 0) is 19.6 Å². The molecule has 0 aliphatic heterocycles. The molecular weight excluding hydrogens is 394 g/mol. The van der Waals surface area contributed by atoms with Crippen LogP contribution in [0.5, 0.6) is 5.75 Å². The fourth-order valence-corrected chi connectivity index (χ4v) is 3.51. The molecule has 2 aromatic carbocycles. The van der Waals surface area contributed by atoms with Crippen LogP contribution < -0.4 is 14.8 Å². The van der Waals surface area contributed by atoms with Gasteiger partial charge in [-0.2, -0.15) is 0 Å². The molecule has 0 aliphatic carbocycles. The van der Waals surface area contributed by atoms with E-state index in [0.717, 1.165) is 0 Å². The van der Waals surface area contributed by atoms with E-state index in [4.69, 9.17) is 4.74 Å². The highest BCUT2D eigenvalue weighted by molar-refractivity contribution is 7.89. The Labute approximate surface area is 170 Å². The first-order valence-corrected chi connectivity index (χ1v) is 10.6. The normalized spacial score (nSPS) is 11.0. The van der Waals surface area contributed by atoms with E-state index in [2.05, 4.69) is 10.0 Å². The van der Waals surface area contributed by atoms with E-state index in [1.807, 2.05) is 13.0 Å². The third kappa shape index (κ3) is 7.20. The van der Waals surface area contributed by atoms with E-state index < -0.39 is 10.0 Å². The van der Waals surface area contributed by atoms with Crippen LogP contribution in [0.3, 0.4) is 0 Å². The average molecular weight is 420 g/mol. The topological polar surface area (TPSA) is 105 Å². The number of anilines is 1. The number of amides is 2. The molecule has 0 radical (unpaired) electrons. The maximum atomic E-state index is 12.3. The fourth-order valence-electron chi connectivity index (χ4n) is 2.47. The molecule has 0 fully saturated rings. The first kappa shape index (κ1) is 22.4. The molecule has 0 aliphatic rings. The Balaban J connectivity index is 1.79. The summed E-state index contributed by atoms with van der Waals surface area (Å²) in [6.07, 6.45) is -0.0641. The maximum Gasteiger partial charge on any atom is 0.243 e. The predicted octanol–water partition coefficient (Wildman–Crippen LogP) is 1.85. The highest BCUT2D eigenvalue weighted by atomic mass is 32.2. The number of sulfonamides is 1. The number of hydrogen-bond acceptors (Lipinski definition) is 5. The minimum absolute atomic E-state index is 0.0641. The molecule has 0 spiro atoms. The second-order valence-corrected chi connectivity index (χ2v) is 7.98. The zero-order valence-corrected chi connectivity index (χ0v) is 17.2. The lowest BCUT2D eigenvalue weighted by Crippen LogP contribution is -2.37. The Bertz CT molecular complexity index is 915. The fraction of sp³-hybridized carbons (Fsp3) is 0.300. The minimum Gasteiger partial charge on any atom is -0.494 e. The number of hydrogen-bond donors (Lipinski definition) is 2. The number of carbonyl (C=O) groups excluding carboxylic acids is 2. The monoisotopic (exact) mass is 419 g/mol. The smallest absolute Gasteiger partial charge is 0.243 e. The van der Waals surface area contributed by atoms with Crippen molar-refractivity contribution < 1.29 is 22.7 Å². The zero-order chi connectivity index (χ0) is 21.3. The lowest BCUT2D eigenvalue weighted by Gasteiger charge is -2.17. The highest BCUT2D eigenvalue weighted by Gasteiger charge is 2.17. The summed E-state index contributed by atoms with van der Waals surface area (Å²) < 4.78 is 32.3. The van der Waals surface area contributed by atoms with E-state index in [0.29, 0.717) is 18.0 Å². The second kappa shape index (κ2) is 10.6. The van der Waals surface area contributed by atoms with Gasteiger partial charge in [-0.05, 0) is 43.3 Å². The van der Waals surface area contributed by atoms with Crippen molar-refractivity contribution >= 4 is 27.5 Å². The summed E-state index contributed by atoms with van der Waals surface area (Å²) in [6, 6.07) is 14.9. The molecule has 9 heteroatoms. The molecule has 0 heterocycles. The van der Waals surface area contributed by atoms with Crippen LogP contribution in [0.4, 0.5) is 5.69 Å². The molecule has 0 saturated carbocycles. The molecule has 2 rings (SSSR count). The molecular formula is C20H25N3O5S. The molecule has 0 unspecified atom stereocenters. The average Bonchev–Trinajstić information content (AvgIpc) is 2.69. The molecule has 2 aromatic rings. The van der Waals surface area contributed by atoms with Gasteiger partial charge in [0.1, 0.15) is 5.75 Å². The summed E-state index contributed by atoms with van der Waals surface area (Å²) in [5, 5.41) is 2.69. The molecule has 0 atom stereocenters. The Morgan fingerprint density at radius 2 is 1.69 bits per heavy atom. The van der Waals surface area contributed by atoms with Gasteiger partial charge in [0.15, 0.2) is 0 Å². The number of nitrogens with zero attached hydrogens (tertiary/aromatic N) is 1. The summed E-state index contributed by atoms with van der Waals surface area (Å²) in [4.78, 5) is 25.5. The Morgan fingerprint density at radius 3 is 2.31 bits per heavy atom. The van der Waals surface area contributed by atoms with Crippen LogP contribution in [0.2, 0.25) is 0 Å². The van der Waals surface area contributed by atoms with Crippen LogP contribution in [0.15, 0.2) is 59.5 Å². The van der Waals surface area contributed by atoms with Crippen molar-refractivity contribution in [2.45, 2.75) is 18.2 Å². The van der Waals surface area contributed by atoms with Crippen molar-refractivity contribution in [2.75, 3.05) is 32.1 Å². The largest absolute Gasteiger partial charge is 0.494 e. The quantitative estimate of drug-likeness (QED) is 0.612. The number of carbonyl (C=O) groups is 2. The van der Waals surface area contributed by atoms with Crippen molar-refractivity contribution in [3.05, 3.63) is 54.6 Å². The number of rotatable bonds is 10. The standard InChI is InChI=1S/C20H25N3O5S/c1-3-28-17-9-11-18(12-10-17)29(26,27)21-14-13-20(25)23(2)15-19(24)22-16-7-5-4-6-8-16/h4-12,21H,3,13-15H2,1-2H3,(H,22,24). The molecule has 156 valence electrons. The van der Waals surface area contributed by atoms with Crippen molar-refractivity contribution in [1.82, 2.24) is 9.62 Å². The lowest BCUT2D eigenvalue weighted by atomic mass is 10.3. The van der Waals surface area contributed by atoms with Crippen LogP contribution in [-0.4, -0.2) is 51.9 Å². The summed E-state index contributed by atoms with van der Waals surface area (Å²) in [5.41, 5.74) is 0.640. The van der Waals surface area contributed by atoms with Gasteiger partial charge in [-0.1, -0.05) is 18.2 Å². The molecule has 2 N–H and O–H groups in total. The number of ether oxygens (including phenoxy) is 1. The van der Waals surface area contributed by atoms with Crippen LogP contribution in [0.1, 0.15) is 13.3 Å². The van der Waals surface area contributed by atoms with Gasteiger partial charge in [0, 0.05) is 25.7 Å². The summed E-state index contributed by atoms with van der Waals surface area (Å²) in [6.45, 7) is 2.13. The third-order valence-electron chi connectivity index (χ3n) is 3.94. The Morgan fingerprint density at radius 1 is 1.03 bits per heavy atom. The van der Waals surface area contributed by atoms with Gasteiger partial charge in [-0.3, -0.25) is 9.59 Å². The SMILES string of the molecule is CCOc1ccc(S(=O)(=O)NCCC(=O)N(C)CC(=O)Nc2ccccc2)cc1. The molecule has 0 aromatic heterocycles. The summed E-state index contributed by atoms with van der Waals surface area (Å²) in [5.74, 6) is -0.0957. The lowest BCUT2D eigenvalue weighted by molar-refractivity contribution is -0.133. The predicted molar refractivity (Wildman–Crippen MR) is 110 cm³/mol. The van der Waals surface area contributed by atoms with Crippen molar-refractivity contribution in [3.8, 4) is 5.75 Å². The molecule has 29 heavy (non-hydrogen) atoms. The van der Waals surface area contributed by atoms with E-state index in [1.165, 1.54) is 24.1 Å². The Hall–Kier alpha value is -2.91. The summed E-state index contributed by atoms with van der Waals surface area (Å²) >= 11 is 0. The molecule has 0 bridgehead atoms. The number of nitrogens with one attached hydrogen (secondary N) is 2. The number of para-hydroxylation sites is 1. The highest BCUT2D eigenvalue weighted by Crippen LogP contribution is 2.15. The maximum absolute atomic E-state index is 12.3. The van der Waals surface area contributed by atoms with E-state index in [9.17, 15) is 18.0 Å². The van der Waals surface area contributed by atoms with Gasteiger partial charge in [0.2, 0.25) is 21.8 Å². The molecule has 2 amide bonds. The van der Waals surface area contributed by atoms with E-state index in [1.54, 1.807) is 36.4 Å². The zero-order valence-electron chi connectivity index (χ0n) is 16.4. The number of likely N-dealkylation sites (N-methyl/N-ethyl adjacent to an activating group) is 1. The first-order valence-electron chi connectivity index (χ1n) is 9.13. The van der Waals surface area contributed by atoms with Gasteiger partial charge in [-0.25, -0.2) is 13.1 Å². The molecule has 0 saturated heterocycles. The van der Waals surface area contributed by atoms with E-state index >= 15 is 0 Å². The first-order chi connectivity index (χ1) is 13.8. The van der Waals surface area contributed by atoms with Crippen LogP contribution in [0, 0.1) is 0 Å². The van der Waals surface area contributed by atoms with Gasteiger partial charge in [-0.15, -0.1) is 0 Å². The Kier molecular flexibility index (Phi) is 8.17.